The van der Waals surface area contributed by atoms with E-state index in [9.17, 15) is 0 Å². The Hall–Kier alpha value is -0.470. The molecule has 0 radical (unpaired) electrons. The van der Waals surface area contributed by atoms with Gasteiger partial charge in [0, 0.05) is 16.2 Å². The van der Waals surface area contributed by atoms with E-state index in [-0.39, 0.29) is 0 Å². The van der Waals surface area contributed by atoms with E-state index in [0.717, 1.165) is 5.92 Å². The van der Waals surface area contributed by atoms with Crippen molar-refractivity contribution in [2.45, 2.75) is 48.3 Å². The highest BCUT2D eigenvalue weighted by Gasteiger charge is 2.33. The minimum absolute atomic E-state index is 0.403. The summed E-state index contributed by atoms with van der Waals surface area (Å²) in [5, 5.41) is 0.625. The van der Waals surface area contributed by atoms with E-state index >= 15 is 0 Å². The van der Waals surface area contributed by atoms with Crippen molar-refractivity contribution in [1.29, 1.82) is 0 Å². The van der Waals surface area contributed by atoms with E-state index in [1.165, 1.54) is 42.6 Å². The predicted octanol–water partition coefficient (Wildman–Crippen LogP) is 3.22. The maximum absolute atomic E-state index is 6.44. The lowest BCUT2D eigenvalue weighted by Gasteiger charge is -2.24. The van der Waals surface area contributed by atoms with Crippen LogP contribution in [0, 0.1) is 5.92 Å². The molecule has 0 amide bonds. The van der Waals surface area contributed by atoms with Gasteiger partial charge in [-0.3, -0.25) is 0 Å². The van der Waals surface area contributed by atoms with Crippen molar-refractivity contribution in [3.63, 3.8) is 0 Å². The van der Waals surface area contributed by atoms with E-state index < -0.39 is 0 Å². The maximum Gasteiger partial charge on any atom is 0.0289 e. The number of hydrogen-bond acceptors (Lipinski definition) is 2. The molecule has 2 aliphatic rings. The standard InChI is InChI=1S/C14H19NS/c15-14(10-5-1-2-6-10)13-9-11-7-3-4-8-12(11)16-13/h3-4,7-8,10,13-14H,1-2,5-6,9,15H2. The molecule has 2 atom stereocenters. The first kappa shape index (κ1) is 10.7. The third kappa shape index (κ3) is 1.89. The van der Waals surface area contributed by atoms with Gasteiger partial charge >= 0.3 is 0 Å². The van der Waals surface area contributed by atoms with E-state index in [1.54, 1.807) is 0 Å². The average Bonchev–Trinajstić information content (AvgIpc) is 2.97. The van der Waals surface area contributed by atoms with Crippen molar-refractivity contribution in [2.75, 3.05) is 0 Å². The molecule has 86 valence electrons. The van der Waals surface area contributed by atoms with Crippen LogP contribution in [0.5, 0.6) is 0 Å². The first-order chi connectivity index (χ1) is 7.84. The minimum Gasteiger partial charge on any atom is -0.326 e. The lowest BCUT2D eigenvalue weighted by atomic mass is 9.93. The van der Waals surface area contributed by atoms with Gasteiger partial charge in [-0.2, -0.15) is 0 Å². The molecular weight excluding hydrogens is 214 g/mol. The Morgan fingerprint density at radius 1 is 1.19 bits per heavy atom. The van der Waals surface area contributed by atoms with Gasteiger partial charge in [-0.25, -0.2) is 0 Å². The molecule has 2 N–H and O–H groups in total. The molecular formula is C14H19NS. The fourth-order valence-corrected chi connectivity index (χ4v) is 4.50. The van der Waals surface area contributed by atoms with Gasteiger partial charge < -0.3 is 5.73 Å². The van der Waals surface area contributed by atoms with Gasteiger partial charge in [-0.15, -0.1) is 11.8 Å². The Balaban J connectivity index is 1.70. The summed E-state index contributed by atoms with van der Waals surface area (Å²) in [5.41, 5.74) is 7.95. The number of nitrogens with two attached hydrogens (primary N) is 1. The number of benzene rings is 1. The van der Waals surface area contributed by atoms with Crippen LogP contribution in [0.2, 0.25) is 0 Å². The van der Waals surface area contributed by atoms with Crippen LogP contribution in [-0.2, 0) is 6.42 Å². The first-order valence-electron chi connectivity index (χ1n) is 6.35. The zero-order chi connectivity index (χ0) is 11.0. The zero-order valence-corrected chi connectivity index (χ0v) is 10.4. The molecule has 0 saturated heterocycles. The Kier molecular flexibility index (Phi) is 2.95. The minimum atomic E-state index is 0.403. The highest BCUT2D eigenvalue weighted by atomic mass is 32.2. The quantitative estimate of drug-likeness (QED) is 0.848. The number of hydrogen-bond donors (Lipinski definition) is 1. The summed E-state index contributed by atoms with van der Waals surface area (Å²) >= 11 is 2.01. The molecule has 1 heterocycles. The molecule has 1 nitrogen and oxygen atoms in total. The van der Waals surface area contributed by atoms with Crippen LogP contribution >= 0.6 is 11.8 Å². The second kappa shape index (κ2) is 4.42. The van der Waals surface area contributed by atoms with Crippen molar-refractivity contribution < 1.29 is 0 Å². The van der Waals surface area contributed by atoms with E-state index in [0.29, 0.717) is 11.3 Å². The van der Waals surface area contributed by atoms with Crippen LogP contribution in [0.3, 0.4) is 0 Å². The molecule has 1 saturated carbocycles. The summed E-state index contributed by atoms with van der Waals surface area (Å²) < 4.78 is 0. The summed E-state index contributed by atoms with van der Waals surface area (Å²) in [6.07, 6.45) is 6.67. The Labute approximate surface area is 102 Å². The summed E-state index contributed by atoms with van der Waals surface area (Å²) in [4.78, 5) is 1.46. The topological polar surface area (TPSA) is 26.0 Å². The third-order valence-electron chi connectivity index (χ3n) is 4.05. The van der Waals surface area contributed by atoms with Crippen LogP contribution in [-0.4, -0.2) is 11.3 Å². The largest absolute Gasteiger partial charge is 0.326 e. The normalized spacial score (nSPS) is 26.9. The Morgan fingerprint density at radius 3 is 2.69 bits per heavy atom. The molecule has 1 fully saturated rings. The molecule has 2 heteroatoms. The lowest BCUT2D eigenvalue weighted by Crippen LogP contribution is -2.38. The molecule has 0 bridgehead atoms. The van der Waals surface area contributed by atoms with E-state index in [1.807, 2.05) is 11.8 Å². The van der Waals surface area contributed by atoms with Gasteiger partial charge in [0.2, 0.25) is 0 Å². The molecule has 1 aromatic carbocycles. The molecule has 1 aliphatic heterocycles. The van der Waals surface area contributed by atoms with Gasteiger partial charge in [0.1, 0.15) is 0 Å². The van der Waals surface area contributed by atoms with Gasteiger partial charge in [0.05, 0.1) is 0 Å². The second-order valence-electron chi connectivity index (χ2n) is 5.09. The molecule has 3 rings (SSSR count). The third-order valence-corrected chi connectivity index (χ3v) is 5.48. The Bertz CT molecular complexity index is 346. The first-order valence-corrected chi connectivity index (χ1v) is 7.23. The average molecular weight is 233 g/mol. The van der Waals surface area contributed by atoms with Gasteiger partial charge in [-0.1, -0.05) is 31.0 Å². The van der Waals surface area contributed by atoms with Gasteiger partial charge in [0.25, 0.3) is 0 Å². The monoisotopic (exact) mass is 233 g/mol. The zero-order valence-electron chi connectivity index (χ0n) is 9.56. The number of fused-ring (bicyclic) bond motifs is 1. The highest BCUT2D eigenvalue weighted by Crippen LogP contribution is 2.41. The second-order valence-corrected chi connectivity index (χ2v) is 6.37. The van der Waals surface area contributed by atoms with Gasteiger partial charge in [-0.05, 0) is 36.8 Å². The van der Waals surface area contributed by atoms with E-state index in [2.05, 4.69) is 24.3 Å². The lowest BCUT2D eigenvalue weighted by molar-refractivity contribution is 0.420. The van der Waals surface area contributed by atoms with Crippen molar-refractivity contribution >= 4 is 11.8 Å². The van der Waals surface area contributed by atoms with Crippen LogP contribution < -0.4 is 5.73 Å². The molecule has 0 spiro atoms. The smallest absolute Gasteiger partial charge is 0.0289 e. The van der Waals surface area contributed by atoms with E-state index in [4.69, 9.17) is 5.73 Å². The predicted molar refractivity (Wildman–Crippen MR) is 69.7 cm³/mol. The van der Waals surface area contributed by atoms with Crippen molar-refractivity contribution in [1.82, 2.24) is 0 Å². The summed E-state index contributed by atoms with van der Waals surface area (Å²) in [7, 11) is 0. The van der Waals surface area contributed by atoms with Crippen molar-refractivity contribution in [3.05, 3.63) is 29.8 Å². The Morgan fingerprint density at radius 2 is 1.94 bits per heavy atom. The SMILES string of the molecule is NC(C1CCCC1)C1Cc2ccccc2S1. The molecule has 1 aliphatic carbocycles. The summed E-state index contributed by atoms with van der Waals surface area (Å²) in [5.74, 6) is 0.784. The number of rotatable bonds is 2. The van der Waals surface area contributed by atoms with Crippen molar-refractivity contribution in [3.8, 4) is 0 Å². The van der Waals surface area contributed by atoms with Gasteiger partial charge in [0.15, 0.2) is 0 Å². The van der Waals surface area contributed by atoms with Crippen molar-refractivity contribution in [2.24, 2.45) is 11.7 Å². The molecule has 16 heavy (non-hydrogen) atoms. The maximum atomic E-state index is 6.44. The molecule has 2 unspecified atom stereocenters. The molecule has 0 aromatic heterocycles. The molecule has 1 aromatic rings. The van der Waals surface area contributed by atoms with Crippen LogP contribution in [0.4, 0.5) is 0 Å². The highest BCUT2D eigenvalue weighted by molar-refractivity contribution is 8.00. The summed E-state index contributed by atoms with van der Waals surface area (Å²) in [6, 6.07) is 9.17. The fraction of sp³-hybridized carbons (Fsp3) is 0.571. The van der Waals surface area contributed by atoms with Crippen LogP contribution in [0.15, 0.2) is 29.2 Å². The summed E-state index contributed by atoms with van der Waals surface area (Å²) in [6.45, 7) is 0. The van der Waals surface area contributed by atoms with Crippen LogP contribution in [0.1, 0.15) is 31.2 Å². The fourth-order valence-electron chi connectivity index (χ4n) is 3.07. The van der Waals surface area contributed by atoms with Crippen LogP contribution in [0.25, 0.3) is 0 Å². The number of thioether (sulfide) groups is 1.